The van der Waals surface area contributed by atoms with Gasteiger partial charge in [-0.2, -0.15) is 0 Å². The Hall–Kier alpha value is -1.74. The molecule has 0 aromatic heterocycles. The van der Waals surface area contributed by atoms with Crippen LogP contribution in [0.4, 0.5) is 10.5 Å². The number of nitrogens with zero attached hydrogens (tertiary/aromatic N) is 1. The van der Waals surface area contributed by atoms with Gasteiger partial charge in [0.1, 0.15) is 0 Å². The number of fused-ring (bicyclic) bond motifs is 1. The number of anilines is 1. The highest BCUT2D eigenvalue weighted by Gasteiger charge is 2.17. The van der Waals surface area contributed by atoms with Gasteiger partial charge in [0.2, 0.25) is 0 Å². The molecule has 0 N–H and O–H groups in total. The molecule has 1 unspecified atom stereocenters. The zero-order valence-electron chi connectivity index (χ0n) is 15.2. The molecule has 1 amide bonds. The Labute approximate surface area is 155 Å². The molecular weight excluding hydrogens is 326 g/mol. The van der Waals surface area contributed by atoms with E-state index in [0.717, 1.165) is 16.5 Å². The van der Waals surface area contributed by atoms with Gasteiger partial charge in [0.25, 0.3) is 5.24 Å². The van der Waals surface area contributed by atoms with E-state index in [1.807, 2.05) is 31.3 Å². The van der Waals surface area contributed by atoms with E-state index in [9.17, 15) is 4.79 Å². The summed E-state index contributed by atoms with van der Waals surface area (Å²) in [5, 5.41) is 2.57. The second kappa shape index (κ2) is 8.57. The third-order valence-electron chi connectivity index (χ3n) is 4.99. The van der Waals surface area contributed by atoms with Crippen molar-refractivity contribution in [2.24, 2.45) is 5.92 Å². The van der Waals surface area contributed by atoms with Crippen LogP contribution in [0.5, 0.6) is 0 Å². The Balaban J connectivity index is 1.64. The van der Waals surface area contributed by atoms with E-state index in [2.05, 4.69) is 37.3 Å². The molecule has 2 aromatic carbocycles. The molecule has 0 aliphatic heterocycles. The molecule has 0 radical (unpaired) electrons. The van der Waals surface area contributed by atoms with Crippen LogP contribution in [0, 0.1) is 5.92 Å². The fourth-order valence-corrected chi connectivity index (χ4v) is 4.26. The molecule has 2 nitrogen and oxygen atoms in total. The van der Waals surface area contributed by atoms with Crippen molar-refractivity contribution in [1.29, 1.82) is 0 Å². The lowest BCUT2D eigenvalue weighted by Gasteiger charge is -2.21. The number of thioether (sulfide) groups is 1. The third-order valence-corrected chi connectivity index (χ3v) is 6.00. The molecular formula is C22H27NOS. The maximum atomic E-state index is 12.7. The summed E-state index contributed by atoms with van der Waals surface area (Å²) in [6.07, 6.45) is 11.2. The number of carbonyl (C=O) groups excluding carboxylic acids is 1. The fraction of sp³-hybridized carbons (Fsp3) is 0.409. The summed E-state index contributed by atoms with van der Waals surface area (Å²) < 4.78 is 0. The lowest BCUT2D eigenvalue weighted by Crippen LogP contribution is -2.23. The van der Waals surface area contributed by atoms with Gasteiger partial charge < -0.3 is 4.90 Å². The Morgan fingerprint density at radius 2 is 1.84 bits per heavy atom. The van der Waals surface area contributed by atoms with Gasteiger partial charge in [0, 0.05) is 17.7 Å². The van der Waals surface area contributed by atoms with Crippen LogP contribution < -0.4 is 4.90 Å². The number of benzene rings is 2. The van der Waals surface area contributed by atoms with Gasteiger partial charge in [-0.3, -0.25) is 4.79 Å². The Kier molecular flexibility index (Phi) is 6.19. The van der Waals surface area contributed by atoms with E-state index < -0.39 is 0 Å². The molecule has 25 heavy (non-hydrogen) atoms. The highest BCUT2D eigenvalue weighted by molar-refractivity contribution is 8.14. The number of allylic oxidation sites excluding steroid dienone is 1. The minimum atomic E-state index is 0.0946. The molecule has 3 rings (SSSR count). The van der Waals surface area contributed by atoms with Gasteiger partial charge in [-0.1, -0.05) is 79.6 Å². The Morgan fingerprint density at radius 1 is 1.12 bits per heavy atom. The highest BCUT2D eigenvalue weighted by atomic mass is 32.2. The van der Waals surface area contributed by atoms with Crippen LogP contribution in [0.1, 0.15) is 39.0 Å². The molecule has 3 heteroatoms. The first kappa shape index (κ1) is 18.1. The molecule has 1 aliphatic rings. The standard InChI is InChI=1S/C22H27NOS/c1-17(15-16-18-9-4-3-5-10-18)25-22(24)23(2)21-14-8-12-19-11-6-7-13-20(19)21/h6-8,11-18H,3-5,9-10H2,1-2H3/b16-15+. The Morgan fingerprint density at radius 3 is 2.64 bits per heavy atom. The number of hydrogen-bond acceptors (Lipinski definition) is 2. The zero-order valence-corrected chi connectivity index (χ0v) is 16.0. The Bertz CT molecular complexity index is 743. The van der Waals surface area contributed by atoms with Gasteiger partial charge in [0.15, 0.2) is 0 Å². The zero-order chi connectivity index (χ0) is 17.6. The topological polar surface area (TPSA) is 20.3 Å². The maximum absolute atomic E-state index is 12.7. The van der Waals surface area contributed by atoms with E-state index >= 15 is 0 Å². The summed E-state index contributed by atoms with van der Waals surface area (Å²) in [4.78, 5) is 14.5. The highest BCUT2D eigenvalue weighted by Crippen LogP contribution is 2.30. The molecule has 132 valence electrons. The number of carbonyl (C=O) groups is 1. The van der Waals surface area contributed by atoms with Crippen LogP contribution in [0.2, 0.25) is 0 Å². The van der Waals surface area contributed by atoms with Crippen LogP contribution in [0.15, 0.2) is 54.6 Å². The van der Waals surface area contributed by atoms with Crippen molar-refractivity contribution in [3.05, 3.63) is 54.6 Å². The van der Waals surface area contributed by atoms with Gasteiger partial charge in [0.05, 0.1) is 5.69 Å². The molecule has 1 atom stereocenters. The average molecular weight is 354 g/mol. The minimum absolute atomic E-state index is 0.0946. The van der Waals surface area contributed by atoms with Crippen LogP contribution >= 0.6 is 11.8 Å². The summed E-state index contributed by atoms with van der Waals surface area (Å²) in [5.41, 5.74) is 0.971. The average Bonchev–Trinajstić information content (AvgIpc) is 2.66. The molecule has 0 bridgehead atoms. The number of hydrogen-bond donors (Lipinski definition) is 0. The first-order valence-electron chi connectivity index (χ1n) is 9.25. The summed E-state index contributed by atoms with van der Waals surface area (Å²) in [5.74, 6) is 0.711. The van der Waals surface area contributed by atoms with Crippen molar-refractivity contribution in [2.45, 2.75) is 44.3 Å². The fourth-order valence-electron chi connectivity index (χ4n) is 3.52. The molecule has 1 fully saturated rings. The predicted octanol–water partition coefficient (Wildman–Crippen LogP) is 6.65. The van der Waals surface area contributed by atoms with Crippen molar-refractivity contribution < 1.29 is 4.79 Å². The van der Waals surface area contributed by atoms with Crippen molar-refractivity contribution in [3.63, 3.8) is 0 Å². The molecule has 0 heterocycles. The van der Waals surface area contributed by atoms with E-state index in [0.29, 0.717) is 5.92 Å². The lowest BCUT2D eigenvalue weighted by molar-refractivity contribution is 0.266. The third kappa shape index (κ3) is 4.66. The van der Waals surface area contributed by atoms with Crippen LogP contribution in [-0.4, -0.2) is 17.5 Å². The van der Waals surface area contributed by atoms with Gasteiger partial charge in [-0.15, -0.1) is 0 Å². The van der Waals surface area contributed by atoms with Crippen LogP contribution in [-0.2, 0) is 0 Å². The largest absolute Gasteiger partial charge is 0.306 e. The molecule has 0 spiro atoms. The van der Waals surface area contributed by atoms with Crippen LogP contribution in [0.25, 0.3) is 10.8 Å². The molecule has 0 saturated heterocycles. The SMILES string of the molecule is CC(/C=C/C1CCCCC1)SC(=O)N(C)c1cccc2ccccc12. The van der Waals surface area contributed by atoms with Crippen molar-refractivity contribution >= 4 is 33.5 Å². The minimum Gasteiger partial charge on any atom is -0.306 e. The summed E-state index contributed by atoms with van der Waals surface area (Å²) >= 11 is 1.40. The molecule has 1 aliphatic carbocycles. The predicted molar refractivity (Wildman–Crippen MR) is 111 cm³/mol. The van der Waals surface area contributed by atoms with Gasteiger partial charge >= 0.3 is 0 Å². The summed E-state index contributed by atoms with van der Waals surface area (Å²) in [6, 6.07) is 14.3. The van der Waals surface area contributed by atoms with Crippen LogP contribution in [0.3, 0.4) is 0 Å². The summed E-state index contributed by atoms with van der Waals surface area (Å²) in [7, 11) is 1.87. The van der Waals surface area contributed by atoms with Crippen molar-refractivity contribution in [3.8, 4) is 0 Å². The van der Waals surface area contributed by atoms with E-state index in [-0.39, 0.29) is 10.5 Å². The summed E-state index contributed by atoms with van der Waals surface area (Å²) in [6.45, 7) is 2.11. The first-order valence-corrected chi connectivity index (χ1v) is 10.1. The van der Waals surface area contributed by atoms with Crippen molar-refractivity contribution in [2.75, 3.05) is 11.9 Å². The second-order valence-corrected chi connectivity index (χ2v) is 8.26. The number of rotatable bonds is 4. The normalized spacial score (nSPS) is 17.0. The van der Waals surface area contributed by atoms with Crippen molar-refractivity contribution in [1.82, 2.24) is 0 Å². The second-order valence-electron chi connectivity index (χ2n) is 6.93. The van der Waals surface area contributed by atoms with E-state index in [4.69, 9.17) is 0 Å². The quantitative estimate of drug-likeness (QED) is 0.573. The van der Waals surface area contributed by atoms with E-state index in [1.54, 1.807) is 4.90 Å². The van der Waals surface area contributed by atoms with E-state index in [1.165, 1.54) is 43.9 Å². The van der Waals surface area contributed by atoms with Gasteiger partial charge in [-0.25, -0.2) is 0 Å². The lowest BCUT2D eigenvalue weighted by atomic mass is 9.89. The molecule has 2 aromatic rings. The van der Waals surface area contributed by atoms with Gasteiger partial charge in [-0.05, 0) is 37.1 Å². The molecule has 1 saturated carbocycles. The smallest absolute Gasteiger partial charge is 0.286 e. The number of amides is 1. The first-order chi connectivity index (χ1) is 12.1. The maximum Gasteiger partial charge on any atom is 0.286 e. The monoisotopic (exact) mass is 353 g/mol.